The number of benzene rings is 3. The quantitative estimate of drug-likeness (QED) is 0.279. The first-order valence-corrected chi connectivity index (χ1v) is 14.1. The SMILES string of the molecule is O=S(=O)(Nc1ccc(C2OC(Cn3cnc(Cl)c3Cl)CC(c3ccc(CO)cc3)O2)cc1)c1ccccc1. The van der Waals surface area contributed by atoms with Crippen LogP contribution in [0.2, 0.25) is 10.3 Å². The van der Waals surface area contributed by atoms with Gasteiger partial charge in [-0.3, -0.25) is 4.72 Å². The van der Waals surface area contributed by atoms with E-state index in [9.17, 15) is 13.5 Å². The van der Waals surface area contributed by atoms with Gasteiger partial charge in [0.15, 0.2) is 11.4 Å². The molecule has 0 aliphatic carbocycles. The van der Waals surface area contributed by atoms with E-state index in [1.165, 1.54) is 12.1 Å². The summed E-state index contributed by atoms with van der Waals surface area (Å²) in [6, 6.07) is 22.6. The molecule has 2 N–H and O–H groups in total. The summed E-state index contributed by atoms with van der Waals surface area (Å²) in [5, 5.41) is 9.95. The molecule has 3 atom stereocenters. The minimum absolute atomic E-state index is 0.0412. The number of aromatic nitrogens is 2. The monoisotopic (exact) mass is 573 g/mol. The fraction of sp³-hybridized carbons (Fsp3) is 0.222. The average molecular weight is 574 g/mol. The van der Waals surface area contributed by atoms with Crippen molar-refractivity contribution in [3.8, 4) is 0 Å². The Morgan fingerprint density at radius 1 is 0.947 bits per heavy atom. The van der Waals surface area contributed by atoms with Crippen LogP contribution in [0.5, 0.6) is 0 Å². The van der Waals surface area contributed by atoms with Crippen molar-refractivity contribution in [1.82, 2.24) is 9.55 Å². The smallest absolute Gasteiger partial charge is 0.261 e. The van der Waals surface area contributed by atoms with Crippen LogP contribution >= 0.6 is 23.2 Å². The maximum absolute atomic E-state index is 12.7. The Labute approximate surface area is 230 Å². The van der Waals surface area contributed by atoms with Crippen LogP contribution in [0, 0.1) is 0 Å². The van der Waals surface area contributed by atoms with Gasteiger partial charge in [0.25, 0.3) is 10.0 Å². The summed E-state index contributed by atoms with van der Waals surface area (Å²) in [7, 11) is -3.71. The zero-order valence-electron chi connectivity index (χ0n) is 20.1. The zero-order valence-corrected chi connectivity index (χ0v) is 22.4. The molecule has 11 heteroatoms. The number of rotatable bonds is 8. The molecule has 38 heavy (non-hydrogen) atoms. The van der Waals surface area contributed by atoms with Gasteiger partial charge in [-0.25, -0.2) is 13.4 Å². The minimum Gasteiger partial charge on any atom is -0.392 e. The molecule has 8 nitrogen and oxygen atoms in total. The number of nitrogens with one attached hydrogen (secondary N) is 1. The lowest BCUT2D eigenvalue weighted by Crippen LogP contribution is -2.32. The highest BCUT2D eigenvalue weighted by Gasteiger charge is 2.33. The molecule has 198 valence electrons. The normalized spacial score (nSPS) is 19.8. The molecule has 0 saturated carbocycles. The number of imidazole rings is 1. The number of aliphatic hydroxyl groups excluding tert-OH is 1. The van der Waals surface area contributed by atoms with Crippen LogP contribution in [0.25, 0.3) is 0 Å². The Balaban J connectivity index is 1.37. The van der Waals surface area contributed by atoms with E-state index in [2.05, 4.69) is 9.71 Å². The largest absolute Gasteiger partial charge is 0.392 e. The maximum atomic E-state index is 12.7. The van der Waals surface area contributed by atoms with Gasteiger partial charge in [0.1, 0.15) is 5.15 Å². The standard InChI is InChI=1S/C27H25Cl2N3O5S/c28-25-26(29)32(17-30-25)15-22-14-24(19-8-6-18(16-33)7-9-19)37-27(36-22)20-10-12-21(13-11-20)31-38(34,35)23-4-2-1-3-5-23/h1-13,17,22,24,27,31,33H,14-16H2. The third-order valence-electron chi connectivity index (χ3n) is 6.24. The molecular weight excluding hydrogens is 549 g/mol. The third-order valence-corrected chi connectivity index (χ3v) is 8.40. The van der Waals surface area contributed by atoms with Crippen LogP contribution in [0.3, 0.4) is 0 Å². The summed E-state index contributed by atoms with van der Waals surface area (Å²) in [6.07, 6.45) is 0.831. The number of ether oxygens (including phenoxy) is 2. The summed E-state index contributed by atoms with van der Waals surface area (Å²) in [5.41, 5.74) is 2.90. The van der Waals surface area contributed by atoms with E-state index in [1.54, 1.807) is 53.4 Å². The van der Waals surface area contributed by atoms with Crippen LogP contribution in [-0.2, 0) is 32.6 Å². The van der Waals surface area contributed by atoms with Crippen LogP contribution in [-0.4, -0.2) is 29.2 Å². The second kappa shape index (κ2) is 11.4. The minimum atomic E-state index is -3.71. The predicted octanol–water partition coefficient (Wildman–Crippen LogP) is 5.73. The number of aliphatic hydroxyl groups is 1. The number of hydrogen-bond acceptors (Lipinski definition) is 6. The third kappa shape index (κ3) is 6.04. The van der Waals surface area contributed by atoms with Crippen molar-refractivity contribution in [2.75, 3.05) is 4.72 Å². The van der Waals surface area contributed by atoms with Gasteiger partial charge < -0.3 is 19.1 Å². The van der Waals surface area contributed by atoms with Gasteiger partial charge in [0.05, 0.1) is 36.6 Å². The first kappa shape index (κ1) is 26.7. The highest BCUT2D eigenvalue weighted by Crippen LogP contribution is 2.39. The molecule has 3 aromatic carbocycles. The number of nitrogens with zero attached hydrogens (tertiary/aromatic N) is 2. The molecule has 2 heterocycles. The molecular formula is C27H25Cl2N3O5S. The second-order valence-corrected chi connectivity index (χ2v) is 11.3. The highest BCUT2D eigenvalue weighted by atomic mass is 35.5. The molecule has 1 saturated heterocycles. The van der Waals surface area contributed by atoms with Gasteiger partial charge >= 0.3 is 0 Å². The summed E-state index contributed by atoms with van der Waals surface area (Å²) >= 11 is 12.3. The Morgan fingerprint density at radius 3 is 2.26 bits per heavy atom. The Hall–Kier alpha value is -2.92. The van der Waals surface area contributed by atoms with Crippen LogP contribution in [0.1, 0.15) is 35.5 Å². The molecule has 1 aliphatic heterocycles. The van der Waals surface area contributed by atoms with E-state index in [-0.39, 0.29) is 28.9 Å². The van der Waals surface area contributed by atoms with Crippen LogP contribution in [0.15, 0.2) is 90.1 Å². The Kier molecular flexibility index (Phi) is 8.04. The average Bonchev–Trinajstić information content (AvgIpc) is 3.26. The van der Waals surface area contributed by atoms with E-state index < -0.39 is 16.3 Å². The van der Waals surface area contributed by atoms with Crippen molar-refractivity contribution >= 4 is 38.9 Å². The van der Waals surface area contributed by atoms with Crippen molar-refractivity contribution in [2.45, 2.75) is 43.0 Å². The van der Waals surface area contributed by atoms with Crippen molar-refractivity contribution in [3.63, 3.8) is 0 Å². The van der Waals surface area contributed by atoms with Crippen LogP contribution < -0.4 is 4.72 Å². The summed E-state index contributed by atoms with van der Waals surface area (Å²) in [5.74, 6) is 0. The van der Waals surface area contributed by atoms with Gasteiger partial charge in [-0.15, -0.1) is 0 Å². The molecule has 0 amide bonds. The Morgan fingerprint density at radius 2 is 1.63 bits per heavy atom. The summed E-state index contributed by atoms with van der Waals surface area (Å²) in [6.45, 7) is 0.374. The lowest BCUT2D eigenvalue weighted by atomic mass is 10.00. The van der Waals surface area contributed by atoms with Crippen LogP contribution in [0.4, 0.5) is 5.69 Å². The fourth-order valence-electron chi connectivity index (χ4n) is 4.24. The first-order chi connectivity index (χ1) is 18.3. The summed E-state index contributed by atoms with van der Waals surface area (Å²) in [4.78, 5) is 4.23. The van der Waals surface area contributed by atoms with Crippen molar-refractivity contribution in [3.05, 3.63) is 112 Å². The molecule has 1 fully saturated rings. The van der Waals surface area contributed by atoms with Gasteiger partial charge in [0.2, 0.25) is 0 Å². The summed E-state index contributed by atoms with van der Waals surface area (Å²) < 4.78 is 42.3. The number of sulfonamides is 1. The highest BCUT2D eigenvalue weighted by molar-refractivity contribution is 7.92. The second-order valence-electron chi connectivity index (χ2n) is 8.87. The van der Waals surface area contributed by atoms with E-state index in [0.29, 0.717) is 23.8 Å². The van der Waals surface area contributed by atoms with E-state index in [0.717, 1.165) is 16.7 Å². The lowest BCUT2D eigenvalue weighted by molar-refractivity contribution is -0.252. The first-order valence-electron chi connectivity index (χ1n) is 11.9. The van der Waals surface area contributed by atoms with Gasteiger partial charge in [0, 0.05) is 17.7 Å². The van der Waals surface area contributed by atoms with E-state index in [4.69, 9.17) is 32.7 Å². The molecule has 0 bridgehead atoms. The lowest BCUT2D eigenvalue weighted by Gasteiger charge is -2.36. The zero-order chi connectivity index (χ0) is 26.7. The number of hydrogen-bond donors (Lipinski definition) is 2. The Bertz CT molecular complexity index is 1480. The molecule has 1 aromatic heterocycles. The van der Waals surface area contributed by atoms with Gasteiger partial charge in [-0.1, -0.05) is 77.8 Å². The maximum Gasteiger partial charge on any atom is 0.261 e. The topological polar surface area (TPSA) is 103 Å². The molecule has 0 radical (unpaired) electrons. The van der Waals surface area contributed by atoms with Gasteiger partial charge in [-0.05, 0) is 35.4 Å². The van der Waals surface area contributed by atoms with E-state index >= 15 is 0 Å². The van der Waals surface area contributed by atoms with E-state index in [1.807, 2.05) is 24.3 Å². The predicted molar refractivity (Wildman–Crippen MR) is 144 cm³/mol. The van der Waals surface area contributed by atoms with Gasteiger partial charge in [-0.2, -0.15) is 0 Å². The van der Waals surface area contributed by atoms with Crippen molar-refractivity contribution < 1.29 is 23.0 Å². The molecule has 1 aliphatic rings. The molecule has 0 spiro atoms. The molecule has 5 rings (SSSR count). The number of anilines is 1. The number of halogens is 2. The van der Waals surface area contributed by atoms with Crippen molar-refractivity contribution in [1.29, 1.82) is 0 Å². The molecule has 3 unspecified atom stereocenters. The van der Waals surface area contributed by atoms with Crippen molar-refractivity contribution in [2.24, 2.45) is 0 Å². The molecule has 4 aromatic rings. The fourth-order valence-corrected chi connectivity index (χ4v) is 5.64.